The van der Waals surface area contributed by atoms with Crippen LogP contribution in [0, 0.1) is 0 Å². The molecule has 0 fully saturated rings. The number of nitrogens with zero attached hydrogens (tertiary/aromatic N) is 2. The Hall–Kier alpha value is -2.05. The van der Waals surface area contributed by atoms with Crippen LogP contribution in [0.2, 0.25) is 0 Å². The van der Waals surface area contributed by atoms with Crippen molar-refractivity contribution < 1.29 is 0 Å². The summed E-state index contributed by atoms with van der Waals surface area (Å²) in [5.74, 6) is 0.699. The van der Waals surface area contributed by atoms with Crippen LogP contribution in [-0.4, -0.2) is 16.5 Å². The van der Waals surface area contributed by atoms with Crippen LogP contribution in [0.25, 0.3) is 0 Å². The second kappa shape index (κ2) is 7.29. The molecule has 6 heteroatoms. The smallest absolute Gasteiger partial charge is 0.153 e. The predicted octanol–water partition coefficient (Wildman–Crippen LogP) is 3.93. The van der Waals surface area contributed by atoms with E-state index in [-0.39, 0.29) is 0 Å². The summed E-state index contributed by atoms with van der Waals surface area (Å²) in [6.07, 6.45) is 2.51. The van der Waals surface area contributed by atoms with Crippen molar-refractivity contribution >= 4 is 34.6 Å². The maximum absolute atomic E-state index is 6.18. The SMILES string of the molecule is Nc1c(NCCc2cccs2)ncnc1Sc1ccccc1. The lowest BCUT2D eigenvalue weighted by atomic mass is 10.3. The fraction of sp³-hybridized carbons (Fsp3) is 0.125. The van der Waals surface area contributed by atoms with E-state index in [4.69, 9.17) is 5.73 Å². The van der Waals surface area contributed by atoms with Crippen LogP contribution in [0.4, 0.5) is 11.5 Å². The van der Waals surface area contributed by atoms with Gasteiger partial charge in [-0.1, -0.05) is 36.0 Å². The van der Waals surface area contributed by atoms with Crippen molar-refractivity contribution in [3.8, 4) is 0 Å². The number of hydrogen-bond acceptors (Lipinski definition) is 6. The van der Waals surface area contributed by atoms with Crippen LogP contribution < -0.4 is 11.1 Å². The minimum atomic E-state index is 0.600. The van der Waals surface area contributed by atoms with E-state index < -0.39 is 0 Å². The molecule has 1 aromatic carbocycles. The van der Waals surface area contributed by atoms with Gasteiger partial charge >= 0.3 is 0 Å². The van der Waals surface area contributed by atoms with E-state index in [2.05, 4.69) is 32.8 Å². The van der Waals surface area contributed by atoms with Crippen molar-refractivity contribution in [2.24, 2.45) is 0 Å². The minimum Gasteiger partial charge on any atom is -0.394 e. The minimum absolute atomic E-state index is 0.600. The zero-order valence-corrected chi connectivity index (χ0v) is 13.5. The van der Waals surface area contributed by atoms with Gasteiger partial charge < -0.3 is 11.1 Å². The molecule has 0 atom stereocenters. The first kappa shape index (κ1) is 14.9. The second-order valence-corrected chi connectivity index (χ2v) is 6.71. The molecule has 0 radical (unpaired) electrons. The molecule has 0 aliphatic rings. The number of thiophene rings is 1. The van der Waals surface area contributed by atoms with Crippen molar-refractivity contribution in [3.05, 3.63) is 59.0 Å². The predicted molar refractivity (Wildman–Crippen MR) is 93.5 cm³/mol. The number of hydrogen-bond donors (Lipinski definition) is 2. The summed E-state index contributed by atoms with van der Waals surface area (Å²) in [5.41, 5.74) is 6.78. The van der Waals surface area contributed by atoms with E-state index in [1.54, 1.807) is 29.4 Å². The van der Waals surface area contributed by atoms with E-state index in [9.17, 15) is 0 Å². The number of rotatable bonds is 6. The molecule has 0 saturated carbocycles. The monoisotopic (exact) mass is 328 g/mol. The molecular formula is C16H16N4S2. The number of aromatic nitrogens is 2. The molecule has 2 heterocycles. The number of anilines is 2. The molecule has 22 heavy (non-hydrogen) atoms. The average Bonchev–Trinajstić information content (AvgIpc) is 3.05. The van der Waals surface area contributed by atoms with Crippen molar-refractivity contribution in [1.82, 2.24) is 9.97 Å². The van der Waals surface area contributed by atoms with Gasteiger partial charge in [-0.3, -0.25) is 0 Å². The first-order valence-corrected chi connectivity index (χ1v) is 8.62. The number of nitrogen functional groups attached to an aromatic ring is 1. The van der Waals surface area contributed by atoms with Crippen LogP contribution in [0.1, 0.15) is 4.88 Å². The Bertz CT molecular complexity index is 714. The van der Waals surface area contributed by atoms with Crippen LogP contribution in [-0.2, 0) is 6.42 Å². The molecule has 0 bridgehead atoms. The maximum Gasteiger partial charge on any atom is 0.153 e. The lowest BCUT2D eigenvalue weighted by molar-refractivity contribution is 0.996. The van der Waals surface area contributed by atoms with Crippen molar-refractivity contribution in [2.75, 3.05) is 17.6 Å². The molecule has 0 spiro atoms. The molecule has 0 saturated heterocycles. The van der Waals surface area contributed by atoms with Crippen LogP contribution in [0.3, 0.4) is 0 Å². The van der Waals surface area contributed by atoms with E-state index in [0.29, 0.717) is 11.5 Å². The van der Waals surface area contributed by atoms with Gasteiger partial charge in [0, 0.05) is 16.3 Å². The van der Waals surface area contributed by atoms with Crippen LogP contribution in [0.15, 0.2) is 64.1 Å². The Morgan fingerprint density at radius 3 is 2.73 bits per heavy atom. The largest absolute Gasteiger partial charge is 0.394 e. The van der Waals surface area contributed by atoms with Crippen molar-refractivity contribution in [1.29, 1.82) is 0 Å². The Morgan fingerprint density at radius 2 is 1.95 bits per heavy atom. The van der Waals surface area contributed by atoms with Gasteiger partial charge in [0.25, 0.3) is 0 Å². The fourth-order valence-corrected chi connectivity index (χ4v) is 3.49. The Balaban J connectivity index is 1.66. The molecule has 4 nitrogen and oxygen atoms in total. The van der Waals surface area contributed by atoms with E-state index >= 15 is 0 Å². The summed E-state index contributed by atoms with van der Waals surface area (Å²) in [7, 11) is 0. The highest BCUT2D eigenvalue weighted by molar-refractivity contribution is 7.99. The molecule has 3 rings (SSSR count). The molecule has 3 aromatic rings. The summed E-state index contributed by atoms with van der Waals surface area (Å²) in [6.45, 7) is 0.803. The molecule has 3 N–H and O–H groups in total. The van der Waals surface area contributed by atoms with Crippen LogP contribution in [0.5, 0.6) is 0 Å². The van der Waals surface area contributed by atoms with Gasteiger partial charge in [0.15, 0.2) is 5.82 Å². The quantitative estimate of drug-likeness (QED) is 0.671. The third-order valence-electron chi connectivity index (χ3n) is 3.05. The van der Waals surface area contributed by atoms with E-state index in [1.807, 2.05) is 30.3 Å². The summed E-state index contributed by atoms with van der Waals surface area (Å²) in [6, 6.07) is 14.3. The van der Waals surface area contributed by atoms with Crippen molar-refractivity contribution in [2.45, 2.75) is 16.3 Å². The van der Waals surface area contributed by atoms with Gasteiger partial charge in [0.1, 0.15) is 17.0 Å². The Kier molecular flexibility index (Phi) is 4.92. The Morgan fingerprint density at radius 1 is 1.09 bits per heavy atom. The third kappa shape index (κ3) is 3.78. The zero-order chi connectivity index (χ0) is 15.2. The first-order chi connectivity index (χ1) is 10.8. The van der Waals surface area contributed by atoms with Gasteiger partial charge in [-0.05, 0) is 30.0 Å². The van der Waals surface area contributed by atoms with Gasteiger partial charge in [0.2, 0.25) is 0 Å². The Labute approximate surface area is 137 Å². The molecule has 0 aliphatic carbocycles. The zero-order valence-electron chi connectivity index (χ0n) is 11.9. The normalized spacial score (nSPS) is 10.5. The maximum atomic E-state index is 6.18. The summed E-state index contributed by atoms with van der Waals surface area (Å²) in [4.78, 5) is 11.0. The van der Waals surface area contributed by atoms with E-state index in [1.165, 1.54) is 4.88 Å². The molecule has 2 aromatic heterocycles. The third-order valence-corrected chi connectivity index (χ3v) is 5.01. The van der Waals surface area contributed by atoms with Crippen molar-refractivity contribution in [3.63, 3.8) is 0 Å². The number of nitrogens with one attached hydrogen (secondary N) is 1. The topological polar surface area (TPSA) is 63.8 Å². The highest BCUT2D eigenvalue weighted by Gasteiger charge is 2.09. The standard InChI is InChI=1S/C16H16N4S2/c17-14-15(18-9-8-12-7-4-10-21-12)19-11-20-16(14)22-13-5-2-1-3-6-13/h1-7,10-11H,8-9,17H2,(H,18,19,20). The highest BCUT2D eigenvalue weighted by atomic mass is 32.2. The van der Waals surface area contributed by atoms with Gasteiger partial charge in [-0.15, -0.1) is 11.3 Å². The lowest BCUT2D eigenvalue weighted by Gasteiger charge is -2.10. The highest BCUT2D eigenvalue weighted by Crippen LogP contribution is 2.32. The fourth-order valence-electron chi connectivity index (χ4n) is 1.96. The summed E-state index contributed by atoms with van der Waals surface area (Å²) in [5, 5.41) is 6.16. The summed E-state index contributed by atoms with van der Waals surface area (Å²) >= 11 is 3.30. The van der Waals surface area contributed by atoms with Gasteiger partial charge in [-0.2, -0.15) is 0 Å². The molecular weight excluding hydrogens is 312 g/mol. The number of benzene rings is 1. The number of nitrogens with two attached hydrogens (primary N) is 1. The molecule has 0 amide bonds. The first-order valence-electron chi connectivity index (χ1n) is 6.92. The van der Waals surface area contributed by atoms with Gasteiger partial charge in [-0.25, -0.2) is 9.97 Å². The lowest BCUT2D eigenvalue weighted by Crippen LogP contribution is -2.09. The molecule has 112 valence electrons. The molecule has 0 unspecified atom stereocenters. The second-order valence-electron chi connectivity index (χ2n) is 4.61. The van der Waals surface area contributed by atoms with Gasteiger partial charge in [0.05, 0.1) is 0 Å². The average molecular weight is 328 g/mol. The molecule has 0 aliphatic heterocycles. The summed E-state index contributed by atoms with van der Waals surface area (Å²) < 4.78 is 0. The van der Waals surface area contributed by atoms with E-state index in [0.717, 1.165) is 22.9 Å². The van der Waals surface area contributed by atoms with Crippen LogP contribution >= 0.6 is 23.1 Å².